The van der Waals surface area contributed by atoms with Crippen LogP contribution >= 0.6 is 0 Å². The summed E-state index contributed by atoms with van der Waals surface area (Å²) in [6.45, 7) is -0.908. The second kappa shape index (κ2) is 14.3. The highest BCUT2D eigenvalue weighted by Gasteiger charge is 2.57. The molecule has 0 radical (unpaired) electrons. The quantitative estimate of drug-likeness (QED) is 0.0390. The largest absolute Gasteiger partial charge is 0.420 e. The third-order valence-electron chi connectivity index (χ3n) is 7.15. The molecule has 0 aromatic rings. The molecule has 3 aliphatic heterocycles. The van der Waals surface area contributed by atoms with Crippen molar-refractivity contribution in [1.82, 2.24) is 0 Å². The van der Waals surface area contributed by atoms with E-state index in [0.717, 1.165) is 0 Å². The Labute approximate surface area is 228 Å². The van der Waals surface area contributed by atoms with Crippen molar-refractivity contribution < 1.29 is 89.1 Å². The number of nitrogens with one attached hydrogen (secondary N) is 1. The molecular weight excluding hydrogens is 550 g/mol. The lowest BCUT2D eigenvalue weighted by Gasteiger charge is -2.47. The molecule has 0 bridgehead atoms. The van der Waals surface area contributed by atoms with Crippen molar-refractivity contribution in [3.63, 3.8) is 0 Å². The smallest absolute Gasteiger partial charge is 0.365 e. The summed E-state index contributed by atoms with van der Waals surface area (Å²) in [6.07, 6.45) is -21.4. The van der Waals surface area contributed by atoms with E-state index in [1.165, 1.54) is 21.1 Å². The van der Waals surface area contributed by atoms with Gasteiger partial charge in [-0.15, -0.1) is 0 Å². The van der Waals surface area contributed by atoms with Gasteiger partial charge in [0.25, 0.3) is 0 Å². The molecule has 0 aromatic carbocycles. The van der Waals surface area contributed by atoms with Crippen molar-refractivity contribution >= 4 is 5.90 Å². The Bertz CT molecular complexity index is 820. The maximum Gasteiger partial charge on any atom is 0.365 e. The molecule has 0 saturated carbocycles. The molecule has 3 aliphatic rings. The Morgan fingerprint density at radius 3 is 1.75 bits per heavy atom. The van der Waals surface area contributed by atoms with E-state index < -0.39 is 112 Å². The van der Waals surface area contributed by atoms with Crippen molar-refractivity contribution in [3.05, 3.63) is 0 Å². The molecule has 0 aromatic heterocycles. The van der Waals surface area contributed by atoms with Crippen LogP contribution in [0.3, 0.4) is 0 Å². The van der Waals surface area contributed by atoms with Gasteiger partial charge in [-0.05, 0) is 0 Å². The molecule has 15 atom stereocenters. The van der Waals surface area contributed by atoms with Crippen molar-refractivity contribution in [3.8, 4) is 0 Å². The molecule has 3 saturated heterocycles. The van der Waals surface area contributed by atoms with Crippen LogP contribution < -0.4 is 4.99 Å². The van der Waals surface area contributed by atoms with Crippen LogP contribution in [-0.4, -0.2) is 183 Å². The van der Waals surface area contributed by atoms with Gasteiger partial charge < -0.3 is 74.0 Å². The first kappa shape index (κ1) is 33.3. The van der Waals surface area contributed by atoms with Gasteiger partial charge in [-0.25, -0.2) is 4.99 Å². The first-order valence-electron chi connectivity index (χ1n) is 12.6. The standard InChI is InChI=1S/C22H39NO17/c1-7(39-33)23-11-17(37-22-16(31)19(40(2)3)14(29)10(6-26)36-22)12(27)9(5-25)35-21(11)38-18-13(28)8(4-24)34-20(32)15(18)30/h8-22,24-32H,4-6H2,1-3H3/p+2/t8-,9-,10-,11-,12-,13+,14+,15-,16-,17-,18+,19+,20-,21+,22+/m1/s1. The summed E-state index contributed by atoms with van der Waals surface area (Å²) in [5.41, 5.74) is 0. The number of hydrogen-bond donors (Lipinski definition) is 11. The minimum Gasteiger partial charge on any atom is -0.420 e. The van der Waals surface area contributed by atoms with Gasteiger partial charge in [0.1, 0.15) is 56.9 Å². The van der Waals surface area contributed by atoms with E-state index in [2.05, 4.69) is 14.2 Å². The van der Waals surface area contributed by atoms with Crippen molar-refractivity contribution in [2.24, 2.45) is 0 Å². The van der Waals surface area contributed by atoms with E-state index >= 15 is 0 Å². The first-order chi connectivity index (χ1) is 18.9. The Morgan fingerprint density at radius 2 is 1.20 bits per heavy atom. The predicted octanol–water partition coefficient (Wildman–Crippen LogP) is -7.76. The maximum atomic E-state index is 11.0. The average Bonchev–Trinajstić information content (AvgIpc) is 2.92. The van der Waals surface area contributed by atoms with Gasteiger partial charge in [0.2, 0.25) is 18.4 Å². The zero-order valence-corrected chi connectivity index (χ0v) is 22.1. The molecule has 18 nitrogen and oxygen atoms in total. The number of rotatable bonds is 9. The minimum absolute atomic E-state index is 0.262. The van der Waals surface area contributed by atoms with E-state index in [-0.39, 0.29) is 5.90 Å². The highest BCUT2D eigenvalue weighted by molar-refractivity contribution is 5.65. The average molecular weight is 592 g/mol. The summed E-state index contributed by atoms with van der Waals surface area (Å²) in [7, 11) is 2.98. The third kappa shape index (κ3) is 6.89. The van der Waals surface area contributed by atoms with Crippen LogP contribution in [0.2, 0.25) is 0 Å². The molecule has 3 rings (SSSR count). The Morgan fingerprint density at radius 1 is 0.700 bits per heavy atom. The summed E-state index contributed by atoms with van der Waals surface area (Å²) in [5.74, 6) is -0.262. The Hall–Kier alpha value is -1.17. The molecule has 40 heavy (non-hydrogen) atoms. The summed E-state index contributed by atoms with van der Waals surface area (Å²) in [6, 6.07) is -1.39. The molecule has 0 spiro atoms. The predicted molar refractivity (Wildman–Crippen MR) is 125 cm³/mol. The van der Waals surface area contributed by atoms with E-state index in [0.29, 0.717) is 0 Å². The SMILES string of the molecule is CC(=[NH+][C@H]1[C@H](O[C@@H]2[C@@H](O)[C@H](O)O[C@H](CO)[C@@H]2O)O[C@H](CO)[C@@H](O)[C@@H]1O[C@@H]1O[C@H](CO)[C@H](O)[C@H]([O+](C)C)[C@H]1O)OO. The van der Waals surface area contributed by atoms with Gasteiger partial charge in [0.15, 0.2) is 30.9 Å². The molecule has 0 aliphatic carbocycles. The number of ether oxygens (including phenoxy) is 5. The number of aliphatic hydroxyl groups is 9. The van der Waals surface area contributed by atoms with E-state index in [1.807, 2.05) is 0 Å². The number of aliphatic hydroxyl groups excluding tert-OH is 9. The van der Waals surface area contributed by atoms with E-state index in [1.54, 1.807) is 0 Å². The van der Waals surface area contributed by atoms with Gasteiger partial charge in [-0.1, -0.05) is 0 Å². The molecule has 18 heteroatoms. The highest BCUT2D eigenvalue weighted by Crippen LogP contribution is 2.32. The zero-order chi connectivity index (χ0) is 29.9. The molecular formula is C22H41NO17+2. The lowest BCUT2D eigenvalue weighted by atomic mass is 9.94. The monoisotopic (exact) mass is 591 g/mol. The molecule has 3 heterocycles. The molecule has 3 fully saturated rings. The minimum atomic E-state index is -1.87. The fraction of sp³-hybridized carbons (Fsp3) is 0.955. The van der Waals surface area contributed by atoms with Gasteiger partial charge in [-0.2, -0.15) is 5.26 Å². The van der Waals surface area contributed by atoms with E-state index in [9.17, 15) is 46.0 Å². The van der Waals surface area contributed by atoms with E-state index in [4.69, 9.17) is 28.9 Å². The number of hydrogen-bond acceptors (Lipinski definition) is 16. The van der Waals surface area contributed by atoms with Crippen LogP contribution in [0.25, 0.3) is 0 Å². The summed E-state index contributed by atoms with van der Waals surface area (Å²) in [5, 5.41) is 102. The highest BCUT2D eigenvalue weighted by atomic mass is 17.1. The lowest BCUT2D eigenvalue weighted by molar-refractivity contribution is -0.582. The zero-order valence-electron chi connectivity index (χ0n) is 22.1. The Kier molecular flexibility index (Phi) is 11.9. The summed E-state index contributed by atoms with van der Waals surface area (Å²) < 4.78 is 30.3. The third-order valence-corrected chi connectivity index (χ3v) is 7.15. The summed E-state index contributed by atoms with van der Waals surface area (Å²) in [4.78, 5) is 6.83. The van der Waals surface area contributed by atoms with Crippen LogP contribution in [0.5, 0.6) is 0 Å². The van der Waals surface area contributed by atoms with Gasteiger partial charge in [0, 0.05) is 0 Å². The topological polar surface area (TPSA) is 274 Å². The Balaban J connectivity index is 1.97. The maximum absolute atomic E-state index is 11.0. The second-order valence-electron chi connectivity index (χ2n) is 10.0. The molecule has 0 unspecified atom stereocenters. The van der Waals surface area contributed by atoms with Crippen LogP contribution in [0.1, 0.15) is 6.92 Å². The van der Waals surface area contributed by atoms with Crippen LogP contribution in [-0.2, 0) is 32.9 Å². The second-order valence-corrected chi connectivity index (χ2v) is 10.0. The van der Waals surface area contributed by atoms with Crippen LogP contribution in [0.4, 0.5) is 0 Å². The van der Waals surface area contributed by atoms with Gasteiger partial charge in [-0.3, -0.25) is 4.89 Å². The van der Waals surface area contributed by atoms with Crippen molar-refractivity contribution in [1.29, 1.82) is 0 Å². The van der Waals surface area contributed by atoms with Crippen molar-refractivity contribution in [2.75, 3.05) is 34.0 Å². The molecule has 234 valence electrons. The van der Waals surface area contributed by atoms with Crippen molar-refractivity contribution in [2.45, 2.75) is 99.0 Å². The fourth-order valence-electron chi connectivity index (χ4n) is 5.02. The van der Waals surface area contributed by atoms with Gasteiger partial charge >= 0.3 is 5.90 Å². The van der Waals surface area contributed by atoms with Crippen LogP contribution in [0.15, 0.2) is 0 Å². The lowest BCUT2D eigenvalue weighted by Crippen LogP contribution is -2.90. The molecule has 0 amide bonds. The van der Waals surface area contributed by atoms with Gasteiger partial charge in [0.05, 0.1) is 26.7 Å². The fourth-order valence-corrected chi connectivity index (χ4v) is 5.02. The summed E-state index contributed by atoms with van der Waals surface area (Å²) >= 11 is 0. The van der Waals surface area contributed by atoms with Crippen LogP contribution in [0, 0.1) is 0 Å². The first-order valence-corrected chi connectivity index (χ1v) is 12.6. The normalized spacial score (nSPS) is 47.0. The molecule has 11 N–H and O–H groups in total.